The van der Waals surface area contributed by atoms with E-state index in [9.17, 15) is 4.79 Å². The first kappa shape index (κ1) is 9.73. The third-order valence-corrected chi connectivity index (χ3v) is 2.74. The molecular weight excluding hydrogens is 208 g/mol. The van der Waals surface area contributed by atoms with Crippen LogP contribution in [0.15, 0.2) is 36.1 Å². The SMILES string of the molecule is O=C/C=C/c1sccc1-c1cnccn1. The molecule has 3 nitrogen and oxygen atoms in total. The molecule has 2 rings (SSSR count). The molecule has 0 aliphatic rings. The maximum atomic E-state index is 10.2. The Morgan fingerprint density at radius 2 is 2.27 bits per heavy atom. The summed E-state index contributed by atoms with van der Waals surface area (Å²) >= 11 is 1.57. The molecule has 0 spiro atoms. The van der Waals surface area contributed by atoms with E-state index in [2.05, 4.69) is 9.97 Å². The smallest absolute Gasteiger partial charge is 0.142 e. The molecule has 2 heterocycles. The molecular formula is C11H8N2OS. The van der Waals surface area contributed by atoms with E-state index in [4.69, 9.17) is 0 Å². The highest BCUT2D eigenvalue weighted by Crippen LogP contribution is 2.27. The van der Waals surface area contributed by atoms with Gasteiger partial charge in [0.2, 0.25) is 0 Å². The molecule has 0 aliphatic carbocycles. The molecule has 0 bridgehead atoms. The Morgan fingerprint density at radius 1 is 1.33 bits per heavy atom. The Kier molecular flexibility index (Phi) is 2.99. The van der Waals surface area contributed by atoms with Crippen LogP contribution in [0, 0.1) is 0 Å². The minimum Gasteiger partial charge on any atom is -0.299 e. The predicted octanol–water partition coefficient (Wildman–Crippen LogP) is 2.42. The topological polar surface area (TPSA) is 42.9 Å². The van der Waals surface area contributed by atoms with Gasteiger partial charge in [-0.25, -0.2) is 0 Å². The number of carbonyl (C=O) groups excluding carboxylic acids is 1. The average Bonchev–Trinajstić information content (AvgIpc) is 2.75. The molecule has 0 N–H and O–H groups in total. The van der Waals surface area contributed by atoms with Crippen molar-refractivity contribution in [1.82, 2.24) is 9.97 Å². The number of allylic oxidation sites excluding steroid dienone is 1. The standard InChI is InChI=1S/C11H8N2OS/c14-6-1-2-11-9(3-7-15-11)10-8-12-4-5-13-10/h1-8H/b2-1+. The van der Waals surface area contributed by atoms with E-state index < -0.39 is 0 Å². The van der Waals surface area contributed by atoms with Crippen LogP contribution in [0.3, 0.4) is 0 Å². The number of nitrogens with zero attached hydrogens (tertiary/aromatic N) is 2. The number of thiophene rings is 1. The van der Waals surface area contributed by atoms with E-state index in [0.717, 1.165) is 22.4 Å². The number of rotatable bonds is 3. The van der Waals surface area contributed by atoms with Gasteiger partial charge in [-0.2, -0.15) is 0 Å². The summed E-state index contributed by atoms with van der Waals surface area (Å²) in [6.07, 6.45) is 9.02. The van der Waals surface area contributed by atoms with E-state index in [1.165, 1.54) is 6.08 Å². The molecule has 0 aromatic carbocycles. The van der Waals surface area contributed by atoms with Crippen LogP contribution in [-0.4, -0.2) is 16.3 Å². The first-order valence-electron chi connectivity index (χ1n) is 4.37. The molecule has 2 aromatic heterocycles. The van der Waals surface area contributed by atoms with Gasteiger partial charge >= 0.3 is 0 Å². The second-order valence-corrected chi connectivity index (χ2v) is 3.73. The number of aldehydes is 1. The summed E-state index contributed by atoms with van der Waals surface area (Å²) in [5.41, 5.74) is 1.83. The second-order valence-electron chi connectivity index (χ2n) is 2.78. The molecule has 4 heteroatoms. The van der Waals surface area contributed by atoms with E-state index >= 15 is 0 Å². The summed E-state index contributed by atoms with van der Waals surface area (Å²) in [5.74, 6) is 0. The van der Waals surface area contributed by atoms with Gasteiger partial charge in [-0.15, -0.1) is 11.3 Å². The van der Waals surface area contributed by atoms with Crippen molar-refractivity contribution in [1.29, 1.82) is 0 Å². The van der Waals surface area contributed by atoms with Gasteiger partial charge in [0.1, 0.15) is 6.29 Å². The Hall–Kier alpha value is -1.81. The highest BCUT2D eigenvalue weighted by atomic mass is 32.1. The summed E-state index contributed by atoms with van der Waals surface area (Å²) in [6.45, 7) is 0. The maximum absolute atomic E-state index is 10.2. The Labute approximate surface area is 91.1 Å². The summed E-state index contributed by atoms with van der Waals surface area (Å²) in [4.78, 5) is 19.5. The summed E-state index contributed by atoms with van der Waals surface area (Å²) in [7, 11) is 0. The fourth-order valence-electron chi connectivity index (χ4n) is 1.23. The number of hydrogen-bond donors (Lipinski definition) is 0. The van der Waals surface area contributed by atoms with Crippen LogP contribution in [0.5, 0.6) is 0 Å². The lowest BCUT2D eigenvalue weighted by Crippen LogP contribution is -1.83. The quantitative estimate of drug-likeness (QED) is 0.584. The fourth-order valence-corrected chi connectivity index (χ4v) is 2.03. The largest absolute Gasteiger partial charge is 0.299 e. The van der Waals surface area contributed by atoms with Crippen LogP contribution in [0.1, 0.15) is 4.88 Å². The summed E-state index contributed by atoms with van der Waals surface area (Å²) in [6, 6.07) is 1.97. The van der Waals surface area contributed by atoms with Crippen molar-refractivity contribution in [2.75, 3.05) is 0 Å². The Balaban J connectivity index is 2.41. The summed E-state index contributed by atoms with van der Waals surface area (Å²) < 4.78 is 0. The van der Waals surface area contributed by atoms with Gasteiger partial charge in [0.15, 0.2) is 0 Å². The van der Waals surface area contributed by atoms with Crippen LogP contribution in [0.4, 0.5) is 0 Å². The highest BCUT2D eigenvalue weighted by molar-refractivity contribution is 7.11. The van der Waals surface area contributed by atoms with E-state index in [1.807, 2.05) is 11.4 Å². The molecule has 0 unspecified atom stereocenters. The van der Waals surface area contributed by atoms with E-state index in [-0.39, 0.29) is 0 Å². The van der Waals surface area contributed by atoms with Gasteiger partial charge in [0.05, 0.1) is 11.9 Å². The second kappa shape index (κ2) is 4.61. The molecule has 0 amide bonds. The number of hydrogen-bond acceptors (Lipinski definition) is 4. The molecule has 0 saturated carbocycles. The van der Waals surface area contributed by atoms with Crippen LogP contribution in [0.2, 0.25) is 0 Å². The first-order valence-corrected chi connectivity index (χ1v) is 5.25. The fraction of sp³-hybridized carbons (Fsp3) is 0. The van der Waals surface area contributed by atoms with Gasteiger partial charge in [0.25, 0.3) is 0 Å². The van der Waals surface area contributed by atoms with E-state index in [1.54, 1.807) is 36.0 Å². The molecule has 74 valence electrons. The zero-order valence-electron chi connectivity index (χ0n) is 7.83. The minimum atomic E-state index is 0.764. The van der Waals surface area contributed by atoms with Gasteiger partial charge < -0.3 is 0 Å². The normalized spacial score (nSPS) is 10.7. The van der Waals surface area contributed by atoms with Crippen molar-refractivity contribution in [3.63, 3.8) is 0 Å². The lowest BCUT2D eigenvalue weighted by molar-refractivity contribution is -0.104. The molecule has 0 fully saturated rings. The third-order valence-electron chi connectivity index (χ3n) is 1.86. The molecule has 0 saturated heterocycles. The first-order chi connectivity index (χ1) is 7.42. The molecule has 0 atom stereocenters. The van der Waals surface area contributed by atoms with Crippen molar-refractivity contribution < 1.29 is 4.79 Å². The van der Waals surface area contributed by atoms with Crippen LogP contribution in [0.25, 0.3) is 17.3 Å². The van der Waals surface area contributed by atoms with Gasteiger partial charge in [-0.05, 0) is 23.6 Å². The number of aromatic nitrogens is 2. The monoisotopic (exact) mass is 216 g/mol. The van der Waals surface area contributed by atoms with Crippen molar-refractivity contribution in [3.8, 4) is 11.3 Å². The van der Waals surface area contributed by atoms with Crippen molar-refractivity contribution in [3.05, 3.63) is 41.0 Å². The zero-order valence-corrected chi connectivity index (χ0v) is 8.65. The van der Waals surface area contributed by atoms with Crippen molar-refractivity contribution in [2.45, 2.75) is 0 Å². The molecule has 0 aliphatic heterocycles. The molecule has 0 radical (unpaired) electrons. The lowest BCUT2D eigenvalue weighted by Gasteiger charge is -1.97. The molecule has 2 aromatic rings. The minimum absolute atomic E-state index is 0.764. The maximum Gasteiger partial charge on any atom is 0.142 e. The zero-order chi connectivity index (χ0) is 10.5. The van der Waals surface area contributed by atoms with Gasteiger partial charge in [-0.1, -0.05) is 0 Å². The van der Waals surface area contributed by atoms with Crippen molar-refractivity contribution >= 4 is 23.7 Å². The third kappa shape index (κ3) is 2.16. The average molecular weight is 216 g/mol. The van der Waals surface area contributed by atoms with Crippen LogP contribution >= 0.6 is 11.3 Å². The Bertz CT molecular complexity index is 476. The van der Waals surface area contributed by atoms with Crippen LogP contribution < -0.4 is 0 Å². The van der Waals surface area contributed by atoms with E-state index in [0.29, 0.717) is 0 Å². The Morgan fingerprint density at radius 3 is 3.00 bits per heavy atom. The van der Waals surface area contributed by atoms with Crippen molar-refractivity contribution in [2.24, 2.45) is 0 Å². The summed E-state index contributed by atoms with van der Waals surface area (Å²) in [5, 5.41) is 1.97. The molecule has 15 heavy (non-hydrogen) atoms. The van der Waals surface area contributed by atoms with Gasteiger partial charge in [0, 0.05) is 22.8 Å². The van der Waals surface area contributed by atoms with Gasteiger partial charge in [-0.3, -0.25) is 14.8 Å². The lowest BCUT2D eigenvalue weighted by atomic mass is 10.2. The van der Waals surface area contributed by atoms with Crippen LogP contribution in [-0.2, 0) is 4.79 Å². The highest BCUT2D eigenvalue weighted by Gasteiger charge is 2.04. The number of carbonyl (C=O) groups is 1. The predicted molar refractivity (Wildman–Crippen MR) is 60.4 cm³/mol.